The molecular weight excluding hydrogens is 372 g/mol. The minimum Gasteiger partial charge on any atom is -0.384 e. The molecule has 5 nitrogen and oxygen atoms in total. The number of benzene rings is 1. The number of thiophene rings is 1. The number of aryl methyl sites for hydroxylation is 3. The first-order valence-corrected chi connectivity index (χ1v) is 10.2. The molecule has 0 atom stereocenters. The Morgan fingerprint density at radius 3 is 2.61 bits per heavy atom. The Morgan fingerprint density at radius 2 is 1.96 bits per heavy atom. The van der Waals surface area contributed by atoms with E-state index in [1.165, 1.54) is 11.1 Å². The van der Waals surface area contributed by atoms with Crippen molar-refractivity contribution in [3.63, 3.8) is 0 Å². The molecule has 0 radical (unpaired) electrons. The van der Waals surface area contributed by atoms with Crippen molar-refractivity contribution in [3.05, 3.63) is 50.4 Å². The van der Waals surface area contributed by atoms with Crippen LogP contribution in [-0.2, 0) is 22.5 Å². The second kappa shape index (κ2) is 8.37. The molecule has 28 heavy (non-hydrogen) atoms. The van der Waals surface area contributed by atoms with Crippen LogP contribution in [0.4, 0.5) is 0 Å². The third-order valence-corrected chi connectivity index (χ3v) is 6.08. The first-order chi connectivity index (χ1) is 13.3. The molecule has 0 N–H and O–H groups in total. The molecule has 0 aliphatic carbocycles. The molecule has 3 aromatic rings. The fourth-order valence-electron chi connectivity index (χ4n) is 3.37. The molecule has 2 heterocycles. The van der Waals surface area contributed by atoms with Crippen LogP contribution in [-0.4, -0.2) is 29.1 Å². The van der Waals surface area contributed by atoms with E-state index in [0.29, 0.717) is 37.2 Å². The van der Waals surface area contributed by atoms with E-state index in [0.717, 1.165) is 20.8 Å². The van der Waals surface area contributed by atoms with Crippen LogP contribution in [0.15, 0.2) is 23.0 Å². The van der Waals surface area contributed by atoms with E-state index in [1.807, 2.05) is 6.92 Å². The fraction of sp³-hybridized carbons (Fsp3) is 0.409. The van der Waals surface area contributed by atoms with Crippen LogP contribution in [0, 0.1) is 20.8 Å². The van der Waals surface area contributed by atoms with E-state index < -0.39 is 0 Å². The maximum absolute atomic E-state index is 13.5. The van der Waals surface area contributed by atoms with Crippen molar-refractivity contribution in [1.82, 2.24) is 9.55 Å². The van der Waals surface area contributed by atoms with Gasteiger partial charge in [0, 0.05) is 36.9 Å². The molecule has 0 aliphatic heterocycles. The number of methoxy groups -OCH3 is 1. The Morgan fingerprint density at radius 1 is 1.21 bits per heavy atom. The Balaban J connectivity index is 2.25. The second-order valence-electron chi connectivity index (χ2n) is 7.19. The number of ketones is 1. The highest BCUT2D eigenvalue weighted by atomic mass is 32.1. The molecule has 0 aliphatic rings. The van der Waals surface area contributed by atoms with Crippen molar-refractivity contribution in [2.75, 3.05) is 13.7 Å². The van der Waals surface area contributed by atoms with Gasteiger partial charge in [-0.15, -0.1) is 11.3 Å². The smallest absolute Gasteiger partial charge is 0.262 e. The molecule has 0 bridgehead atoms. The molecule has 3 rings (SSSR count). The number of Topliss-reactive ketones (excluding diaryl/α,β-unsaturated/α-hetero) is 1. The maximum atomic E-state index is 13.5. The molecule has 0 unspecified atom stereocenters. The fourth-order valence-corrected chi connectivity index (χ4v) is 4.42. The molecular formula is C22H26N2O3S. The summed E-state index contributed by atoms with van der Waals surface area (Å²) in [6.45, 7) is 8.56. The summed E-state index contributed by atoms with van der Waals surface area (Å²) in [5, 5.41) is 0.649. The number of hydrogen-bond donors (Lipinski definition) is 0. The van der Waals surface area contributed by atoms with Gasteiger partial charge in [-0.05, 0) is 44.4 Å². The van der Waals surface area contributed by atoms with Gasteiger partial charge in [0.05, 0.1) is 12.0 Å². The van der Waals surface area contributed by atoms with Gasteiger partial charge in [-0.3, -0.25) is 14.2 Å². The van der Waals surface area contributed by atoms with E-state index in [4.69, 9.17) is 9.72 Å². The number of carbonyl (C=O) groups is 1. The average molecular weight is 399 g/mol. The van der Waals surface area contributed by atoms with E-state index >= 15 is 0 Å². The number of carbonyl (C=O) groups excluding carboxylic acids is 1. The Hall–Kier alpha value is -2.31. The zero-order chi connectivity index (χ0) is 20.4. The van der Waals surface area contributed by atoms with Crippen molar-refractivity contribution in [2.45, 2.75) is 47.1 Å². The van der Waals surface area contributed by atoms with E-state index in [1.54, 1.807) is 29.9 Å². The topological polar surface area (TPSA) is 61.2 Å². The molecule has 0 amide bonds. The van der Waals surface area contributed by atoms with Crippen molar-refractivity contribution in [1.29, 1.82) is 0 Å². The van der Waals surface area contributed by atoms with Gasteiger partial charge in [-0.2, -0.15) is 0 Å². The number of nitrogens with zero attached hydrogens (tertiary/aromatic N) is 2. The van der Waals surface area contributed by atoms with Crippen LogP contribution in [0.5, 0.6) is 0 Å². The van der Waals surface area contributed by atoms with Gasteiger partial charge in [0.25, 0.3) is 5.56 Å². The number of ether oxygens (including phenoxy) is 1. The summed E-state index contributed by atoms with van der Waals surface area (Å²) >= 11 is 1.55. The van der Waals surface area contributed by atoms with Gasteiger partial charge in [0.15, 0.2) is 0 Å². The first-order valence-electron chi connectivity index (χ1n) is 9.42. The maximum Gasteiger partial charge on any atom is 0.262 e. The van der Waals surface area contributed by atoms with Gasteiger partial charge in [-0.1, -0.05) is 18.2 Å². The normalized spacial score (nSPS) is 11.3. The van der Waals surface area contributed by atoms with Crippen LogP contribution in [0.1, 0.15) is 35.2 Å². The van der Waals surface area contributed by atoms with E-state index in [-0.39, 0.29) is 11.3 Å². The summed E-state index contributed by atoms with van der Waals surface area (Å²) in [6, 6.07) is 6.28. The van der Waals surface area contributed by atoms with Crippen LogP contribution >= 0.6 is 11.3 Å². The molecule has 0 fully saturated rings. The van der Waals surface area contributed by atoms with Crippen LogP contribution < -0.4 is 5.56 Å². The van der Waals surface area contributed by atoms with Gasteiger partial charge < -0.3 is 4.74 Å². The average Bonchev–Trinajstić information content (AvgIpc) is 2.97. The highest BCUT2D eigenvalue weighted by Crippen LogP contribution is 2.36. The van der Waals surface area contributed by atoms with Gasteiger partial charge >= 0.3 is 0 Å². The highest BCUT2D eigenvalue weighted by molar-refractivity contribution is 7.19. The lowest BCUT2D eigenvalue weighted by Crippen LogP contribution is -2.27. The predicted octanol–water partition coefficient (Wildman–Crippen LogP) is 4.22. The standard InChI is InChI=1S/C22H26N2O3S/c1-13-6-7-17(12-14(13)2)19-16(4)28-21-20(19)22(26)24(10-8-15(3)25)18(23-21)9-11-27-5/h6-7,12H,8-11H2,1-5H3. The quantitative estimate of drug-likeness (QED) is 0.598. The van der Waals surface area contributed by atoms with Crippen LogP contribution in [0.2, 0.25) is 0 Å². The molecule has 1 aromatic carbocycles. The molecule has 148 valence electrons. The van der Waals surface area contributed by atoms with Gasteiger partial charge in [-0.25, -0.2) is 4.98 Å². The third-order valence-electron chi connectivity index (χ3n) is 5.08. The second-order valence-corrected chi connectivity index (χ2v) is 8.40. The molecule has 6 heteroatoms. The van der Waals surface area contributed by atoms with Crippen LogP contribution in [0.25, 0.3) is 21.3 Å². The zero-order valence-corrected chi connectivity index (χ0v) is 17.9. The summed E-state index contributed by atoms with van der Waals surface area (Å²) in [5.41, 5.74) is 4.33. The Kier molecular flexibility index (Phi) is 6.10. The first kappa shape index (κ1) is 20.4. The van der Waals surface area contributed by atoms with Crippen molar-refractivity contribution >= 4 is 27.3 Å². The highest BCUT2D eigenvalue weighted by Gasteiger charge is 2.20. The number of fused-ring (bicyclic) bond motifs is 1. The lowest BCUT2D eigenvalue weighted by molar-refractivity contribution is -0.117. The molecule has 0 saturated carbocycles. The SMILES string of the molecule is COCCc1nc2sc(C)c(-c3ccc(C)c(C)c3)c2c(=O)n1CCC(C)=O. The lowest BCUT2D eigenvalue weighted by Gasteiger charge is -2.12. The predicted molar refractivity (Wildman–Crippen MR) is 114 cm³/mol. The summed E-state index contributed by atoms with van der Waals surface area (Å²) in [6.07, 6.45) is 0.852. The molecule has 0 saturated heterocycles. The van der Waals surface area contributed by atoms with E-state index in [2.05, 4.69) is 32.0 Å². The Labute approximate surface area is 169 Å². The van der Waals surface area contributed by atoms with Gasteiger partial charge in [0.2, 0.25) is 0 Å². The van der Waals surface area contributed by atoms with E-state index in [9.17, 15) is 9.59 Å². The summed E-state index contributed by atoms with van der Waals surface area (Å²) in [5.74, 6) is 0.731. The summed E-state index contributed by atoms with van der Waals surface area (Å²) < 4.78 is 6.83. The van der Waals surface area contributed by atoms with Crippen LogP contribution in [0.3, 0.4) is 0 Å². The number of hydrogen-bond acceptors (Lipinski definition) is 5. The van der Waals surface area contributed by atoms with Crippen molar-refractivity contribution in [3.8, 4) is 11.1 Å². The third kappa shape index (κ3) is 3.93. The van der Waals surface area contributed by atoms with Crippen molar-refractivity contribution < 1.29 is 9.53 Å². The Bertz CT molecular complexity index is 1100. The summed E-state index contributed by atoms with van der Waals surface area (Å²) in [7, 11) is 1.63. The minimum atomic E-state index is -0.0741. The monoisotopic (exact) mass is 398 g/mol. The number of rotatable bonds is 7. The van der Waals surface area contributed by atoms with Crippen molar-refractivity contribution in [2.24, 2.45) is 0 Å². The molecule has 2 aromatic heterocycles. The summed E-state index contributed by atoms with van der Waals surface area (Å²) in [4.78, 5) is 31.6. The lowest BCUT2D eigenvalue weighted by atomic mass is 9.99. The molecule has 0 spiro atoms. The largest absolute Gasteiger partial charge is 0.384 e. The minimum absolute atomic E-state index is 0.0561. The van der Waals surface area contributed by atoms with Gasteiger partial charge in [0.1, 0.15) is 16.4 Å². The zero-order valence-electron chi connectivity index (χ0n) is 17.1. The number of aromatic nitrogens is 2.